The van der Waals surface area contributed by atoms with Gasteiger partial charge < -0.3 is 15.6 Å². The summed E-state index contributed by atoms with van der Waals surface area (Å²) in [7, 11) is 0. The molecule has 100 valence electrons. The first-order valence-corrected chi connectivity index (χ1v) is 6.35. The lowest BCUT2D eigenvalue weighted by Gasteiger charge is -2.37. The molecule has 0 aromatic carbocycles. The first-order chi connectivity index (χ1) is 8.49. The quantitative estimate of drug-likeness (QED) is 0.833. The number of carbonyl (C=O) groups excluding carboxylic acids is 1. The number of aromatic nitrogens is 2. The molecule has 2 unspecified atom stereocenters. The third-order valence-corrected chi connectivity index (χ3v) is 3.55. The Morgan fingerprint density at radius 3 is 3.00 bits per heavy atom. The van der Waals surface area contributed by atoms with Crippen molar-refractivity contribution in [2.45, 2.75) is 51.6 Å². The lowest BCUT2D eigenvalue weighted by Crippen LogP contribution is -2.52. The van der Waals surface area contributed by atoms with Crippen LogP contribution in [0.2, 0.25) is 0 Å². The largest absolute Gasteiger partial charge is 0.347 e. The SMILES string of the molecule is Cc1noc(CNC(=O)C2CCCCC2(C)N)n1. The molecule has 18 heavy (non-hydrogen) atoms. The van der Waals surface area contributed by atoms with Crippen LogP contribution < -0.4 is 11.1 Å². The fourth-order valence-electron chi connectivity index (χ4n) is 2.49. The molecular formula is C12H20N4O2. The molecule has 0 aliphatic heterocycles. The van der Waals surface area contributed by atoms with Gasteiger partial charge in [0, 0.05) is 5.54 Å². The van der Waals surface area contributed by atoms with E-state index in [2.05, 4.69) is 15.5 Å². The van der Waals surface area contributed by atoms with Gasteiger partial charge in [0.1, 0.15) is 0 Å². The second-order valence-corrected chi connectivity index (χ2v) is 5.26. The van der Waals surface area contributed by atoms with Crippen molar-refractivity contribution in [1.29, 1.82) is 0 Å². The Labute approximate surface area is 106 Å². The molecule has 1 aliphatic rings. The van der Waals surface area contributed by atoms with E-state index < -0.39 is 5.54 Å². The molecule has 1 heterocycles. The Morgan fingerprint density at radius 2 is 2.39 bits per heavy atom. The first-order valence-electron chi connectivity index (χ1n) is 6.35. The summed E-state index contributed by atoms with van der Waals surface area (Å²) < 4.78 is 4.95. The number of nitrogens with one attached hydrogen (secondary N) is 1. The van der Waals surface area contributed by atoms with E-state index in [0.29, 0.717) is 11.7 Å². The predicted octanol–water partition coefficient (Wildman–Crippen LogP) is 0.902. The number of rotatable bonds is 3. The number of aryl methyl sites for hydroxylation is 1. The maximum absolute atomic E-state index is 12.1. The molecule has 1 aliphatic carbocycles. The summed E-state index contributed by atoms with van der Waals surface area (Å²) in [5.74, 6) is 0.849. The Bertz CT molecular complexity index is 427. The van der Waals surface area contributed by atoms with Gasteiger partial charge in [0.25, 0.3) is 0 Å². The number of nitrogens with two attached hydrogens (primary N) is 1. The van der Waals surface area contributed by atoms with Gasteiger partial charge in [0.05, 0.1) is 12.5 Å². The Kier molecular flexibility index (Phi) is 3.65. The van der Waals surface area contributed by atoms with Crippen molar-refractivity contribution in [3.8, 4) is 0 Å². The van der Waals surface area contributed by atoms with Crippen LogP contribution in [0, 0.1) is 12.8 Å². The van der Waals surface area contributed by atoms with Gasteiger partial charge in [-0.3, -0.25) is 4.79 Å². The van der Waals surface area contributed by atoms with Gasteiger partial charge in [0.2, 0.25) is 11.8 Å². The van der Waals surface area contributed by atoms with Crippen LogP contribution in [0.5, 0.6) is 0 Å². The second kappa shape index (κ2) is 5.06. The molecule has 0 radical (unpaired) electrons. The molecule has 0 spiro atoms. The van der Waals surface area contributed by atoms with E-state index in [-0.39, 0.29) is 18.4 Å². The lowest BCUT2D eigenvalue weighted by molar-refractivity contribution is -0.128. The Hall–Kier alpha value is -1.43. The first kappa shape index (κ1) is 13.0. The third kappa shape index (κ3) is 2.87. The summed E-state index contributed by atoms with van der Waals surface area (Å²) in [5, 5.41) is 6.50. The molecule has 0 saturated heterocycles. The zero-order valence-electron chi connectivity index (χ0n) is 10.9. The van der Waals surface area contributed by atoms with Crippen molar-refractivity contribution in [2.24, 2.45) is 11.7 Å². The van der Waals surface area contributed by atoms with Crippen LogP contribution in [0.1, 0.15) is 44.3 Å². The van der Waals surface area contributed by atoms with Gasteiger partial charge in [0.15, 0.2) is 5.82 Å². The molecule has 0 bridgehead atoms. The zero-order chi connectivity index (χ0) is 13.2. The van der Waals surface area contributed by atoms with Gasteiger partial charge in [-0.2, -0.15) is 4.98 Å². The molecule has 1 aromatic heterocycles. The molecule has 1 saturated carbocycles. The molecule has 6 nitrogen and oxygen atoms in total. The van der Waals surface area contributed by atoms with E-state index in [0.717, 1.165) is 25.7 Å². The fourth-order valence-corrected chi connectivity index (χ4v) is 2.49. The highest BCUT2D eigenvalue weighted by Gasteiger charge is 2.37. The van der Waals surface area contributed by atoms with Crippen LogP contribution >= 0.6 is 0 Å². The van der Waals surface area contributed by atoms with Gasteiger partial charge in [-0.1, -0.05) is 18.0 Å². The molecule has 6 heteroatoms. The number of carbonyl (C=O) groups is 1. The number of hydrogen-bond acceptors (Lipinski definition) is 5. The van der Waals surface area contributed by atoms with Crippen LogP contribution in [0.4, 0.5) is 0 Å². The van der Waals surface area contributed by atoms with Crippen molar-refractivity contribution < 1.29 is 9.32 Å². The summed E-state index contributed by atoms with van der Waals surface area (Å²) in [6.45, 7) is 3.96. The Morgan fingerprint density at radius 1 is 1.61 bits per heavy atom. The lowest BCUT2D eigenvalue weighted by atomic mass is 9.74. The van der Waals surface area contributed by atoms with E-state index in [9.17, 15) is 4.79 Å². The molecular weight excluding hydrogens is 232 g/mol. The van der Waals surface area contributed by atoms with Crippen LogP contribution in [0.15, 0.2) is 4.52 Å². The summed E-state index contributed by atoms with van der Waals surface area (Å²) >= 11 is 0. The maximum atomic E-state index is 12.1. The van der Waals surface area contributed by atoms with E-state index in [1.165, 1.54) is 0 Å². The molecule has 3 N–H and O–H groups in total. The Balaban J connectivity index is 1.91. The minimum absolute atomic E-state index is 0.0180. The summed E-state index contributed by atoms with van der Waals surface area (Å²) in [4.78, 5) is 16.2. The third-order valence-electron chi connectivity index (χ3n) is 3.55. The second-order valence-electron chi connectivity index (χ2n) is 5.26. The van der Waals surface area contributed by atoms with Crippen molar-refractivity contribution >= 4 is 5.91 Å². The summed E-state index contributed by atoms with van der Waals surface area (Å²) in [5.41, 5.74) is 5.77. The van der Waals surface area contributed by atoms with Gasteiger partial charge >= 0.3 is 0 Å². The van der Waals surface area contributed by atoms with Gasteiger partial charge in [-0.25, -0.2) is 0 Å². The number of hydrogen-bond donors (Lipinski definition) is 2. The van der Waals surface area contributed by atoms with Crippen molar-refractivity contribution in [2.75, 3.05) is 0 Å². The average molecular weight is 252 g/mol. The molecule has 2 atom stereocenters. The standard InChI is InChI=1S/C12H20N4O2/c1-8-15-10(18-16-8)7-14-11(17)9-5-3-4-6-12(9,2)13/h9H,3-7,13H2,1-2H3,(H,14,17). The van der Waals surface area contributed by atoms with Crippen molar-refractivity contribution in [3.63, 3.8) is 0 Å². The van der Waals surface area contributed by atoms with E-state index in [4.69, 9.17) is 10.3 Å². The molecule has 1 aromatic rings. The van der Waals surface area contributed by atoms with Gasteiger partial charge in [-0.15, -0.1) is 0 Å². The highest BCUT2D eigenvalue weighted by atomic mass is 16.5. The van der Waals surface area contributed by atoms with Crippen molar-refractivity contribution in [3.05, 3.63) is 11.7 Å². The van der Waals surface area contributed by atoms with Crippen molar-refractivity contribution in [1.82, 2.24) is 15.5 Å². The monoisotopic (exact) mass is 252 g/mol. The minimum atomic E-state index is -0.410. The summed E-state index contributed by atoms with van der Waals surface area (Å²) in [6.07, 6.45) is 3.90. The van der Waals surface area contributed by atoms with E-state index in [1.54, 1.807) is 6.92 Å². The highest BCUT2D eigenvalue weighted by molar-refractivity contribution is 5.80. The normalized spacial score (nSPS) is 28.1. The average Bonchev–Trinajstić information content (AvgIpc) is 2.71. The predicted molar refractivity (Wildman–Crippen MR) is 65.4 cm³/mol. The smallest absolute Gasteiger partial charge is 0.246 e. The minimum Gasteiger partial charge on any atom is -0.347 e. The van der Waals surface area contributed by atoms with Crippen LogP contribution in [-0.4, -0.2) is 21.6 Å². The van der Waals surface area contributed by atoms with Crippen LogP contribution in [0.25, 0.3) is 0 Å². The van der Waals surface area contributed by atoms with Crippen LogP contribution in [0.3, 0.4) is 0 Å². The van der Waals surface area contributed by atoms with Crippen LogP contribution in [-0.2, 0) is 11.3 Å². The zero-order valence-corrected chi connectivity index (χ0v) is 10.9. The highest BCUT2D eigenvalue weighted by Crippen LogP contribution is 2.31. The van der Waals surface area contributed by atoms with Gasteiger partial charge in [-0.05, 0) is 26.7 Å². The van der Waals surface area contributed by atoms with E-state index >= 15 is 0 Å². The topological polar surface area (TPSA) is 94.0 Å². The molecule has 1 fully saturated rings. The molecule has 1 amide bonds. The number of amides is 1. The summed E-state index contributed by atoms with van der Waals surface area (Å²) in [6, 6.07) is 0. The maximum Gasteiger partial charge on any atom is 0.246 e. The number of nitrogens with zero attached hydrogens (tertiary/aromatic N) is 2. The molecule has 2 rings (SSSR count). The fraction of sp³-hybridized carbons (Fsp3) is 0.750. The van der Waals surface area contributed by atoms with E-state index in [1.807, 2.05) is 6.92 Å².